The summed E-state index contributed by atoms with van der Waals surface area (Å²) in [5, 5.41) is 13.9. The molecule has 2 N–H and O–H groups in total. The van der Waals surface area contributed by atoms with Gasteiger partial charge in [0.05, 0.1) is 39.9 Å². The average molecular weight is 1070 g/mol. The zero-order valence-electron chi connectivity index (χ0n) is 49.2. The molecule has 0 aliphatic heterocycles. The Morgan fingerprint density at radius 2 is 0.827 bits per heavy atom. The maximum atomic E-state index is 13.0. The van der Waals surface area contributed by atoms with Crippen LogP contribution in [0.2, 0.25) is 0 Å². The number of unbranched alkanes of at least 4 members (excludes halogenated alkanes) is 26. The number of nitrogens with zero attached hydrogens (tertiary/aromatic N) is 1. The van der Waals surface area contributed by atoms with Gasteiger partial charge >= 0.3 is 0 Å². The van der Waals surface area contributed by atoms with Crippen LogP contribution in [0.3, 0.4) is 0 Å². The smallest absolute Gasteiger partial charge is 0.268 e. The molecular formula is C66H117N2O6P. The fraction of sp³-hybridized carbons (Fsp3) is 0.712. The number of carbonyl (C=O) groups is 1. The summed E-state index contributed by atoms with van der Waals surface area (Å²) in [6.45, 7) is 4.51. The van der Waals surface area contributed by atoms with Crippen LogP contribution in [0.15, 0.2) is 109 Å². The van der Waals surface area contributed by atoms with Gasteiger partial charge in [0.2, 0.25) is 5.91 Å². The molecule has 0 bridgehead atoms. The van der Waals surface area contributed by atoms with E-state index < -0.39 is 26.6 Å². The van der Waals surface area contributed by atoms with Crippen LogP contribution in [-0.4, -0.2) is 68.5 Å². The van der Waals surface area contributed by atoms with Gasteiger partial charge in [-0.3, -0.25) is 9.36 Å². The van der Waals surface area contributed by atoms with E-state index in [1.165, 1.54) is 128 Å². The second-order valence-corrected chi connectivity index (χ2v) is 23.1. The lowest BCUT2D eigenvalue weighted by atomic mass is 10.0. The van der Waals surface area contributed by atoms with E-state index in [0.29, 0.717) is 17.4 Å². The minimum absolute atomic E-state index is 0.0164. The fourth-order valence-electron chi connectivity index (χ4n) is 8.44. The van der Waals surface area contributed by atoms with Crippen LogP contribution in [0.4, 0.5) is 0 Å². The highest BCUT2D eigenvalue weighted by atomic mass is 31.2. The molecule has 0 aromatic heterocycles. The number of amides is 1. The maximum Gasteiger partial charge on any atom is 0.268 e. The molecule has 0 aromatic carbocycles. The van der Waals surface area contributed by atoms with Gasteiger partial charge in [-0.1, -0.05) is 264 Å². The van der Waals surface area contributed by atoms with Gasteiger partial charge in [-0.2, -0.15) is 0 Å². The number of aliphatic hydroxyl groups excluding tert-OH is 1. The molecule has 0 fully saturated rings. The number of quaternary nitrogens is 1. The predicted octanol–water partition coefficient (Wildman–Crippen LogP) is 18.5. The van der Waals surface area contributed by atoms with Crippen molar-refractivity contribution in [2.24, 2.45) is 0 Å². The Labute approximate surface area is 463 Å². The van der Waals surface area contributed by atoms with E-state index in [2.05, 4.69) is 116 Å². The molecule has 0 spiro atoms. The van der Waals surface area contributed by atoms with Crippen LogP contribution in [0.1, 0.15) is 251 Å². The third kappa shape index (κ3) is 58.7. The third-order valence-electron chi connectivity index (χ3n) is 13.2. The Balaban J connectivity index is 4.30. The molecule has 0 saturated heterocycles. The first kappa shape index (κ1) is 72.2. The van der Waals surface area contributed by atoms with E-state index in [4.69, 9.17) is 9.05 Å². The van der Waals surface area contributed by atoms with Crippen molar-refractivity contribution in [3.8, 4) is 0 Å². The Morgan fingerprint density at radius 3 is 1.24 bits per heavy atom. The number of aliphatic hydroxyl groups is 1. The first-order valence-electron chi connectivity index (χ1n) is 30.7. The van der Waals surface area contributed by atoms with Gasteiger partial charge in [-0.25, -0.2) is 0 Å². The van der Waals surface area contributed by atoms with Gasteiger partial charge < -0.3 is 28.8 Å². The van der Waals surface area contributed by atoms with Gasteiger partial charge in [0.15, 0.2) is 0 Å². The first-order valence-corrected chi connectivity index (χ1v) is 32.2. The molecule has 3 unspecified atom stereocenters. The SMILES string of the molecule is CC/C=C\C/C=C\C/C=C\C/C=C\C/C=C\C/C=C\C/C=C\CCCCCCCC(=O)NC(COP(=O)([O-])OCC[N+](C)(C)C)C(O)/C=C/CC/C=C/CCCCCCCCCCCCCCCCCCCCCC. The van der Waals surface area contributed by atoms with Crippen LogP contribution < -0.4 is 10.2 Å². The second-order valence-electron chi connectivity index (χ2n) is 21.7. The summed E-state index contributed by atoms with van der Waals surface area (Å²) >= 11 is 0. The lowest BCUT2D eigenvalue weighted by molar-refractivity contribution is -0.870. The van der Waals surface area contributed by atoms with Crippen LogP contribution in [-0.2, 0) is 18.4 Å². The van der Waals surface area contributed by atoms with Gasteiger partial charge in [0, 0.05) is 6.42 Å². The van der Waals surface area contributed by atoms with Crippen molar-refractivity contribution in [1.29, 1.82) is 0 Å². The van der Waals surface area contributed by atoms with Crippen molar-refractivity contribution in [2.45, 2.75) is 264 Å². The van der Waals surface area contributed by atoms with E-state index in [1.54, 1.807) is 6.08 Å². The maximum absolute atomic E-state index is 13.0. The molecular weight excluding hydrogens is 948 g/mol. The van der Waals surface area contributed by atoms with Crippen LogP contribution >= 0.6 is 7.82 Å². The van der Waals surface area contributed by atoms with E-state index >= 15 is 0 Å². The number of rotatable bonds is 55. The molecule has 75 heavy (non-hydrogen) atoms. The molecule has 0 heterocycles. The monoisotopic (exact) mass is 1060 g/mol. The highest BCUT2D eigenvalue weighted by Crippen LogP contribution is 2.38. The van der Waals surface area contributed by atoms with E-state index in [-0.39, 0.29) is 12.5 Å². The zero-order valence-corrected chi connectivity index (χ0v) is 50.1. The average Bonchev–Trinajstić information content (AvgIpc) is 3.37. The van der Waals surface area contributed by atoms with E-state index in [9.17, 15) is 19.4 Å². The zero-order chi connectivity index (χ0) is 54.9. The fourth-order valence-corrected chi connectivity index (χ4v) is 9.17. The first-order chi connectivity index (χ1) is 36.5. The molecule has 8 nitrogen and oxygen atoms in total. The number of carbonyl (C=O) groups excluding carboxylic acids is 1. The largest absolute Gasteiger partial charge is 0.756 e. The molecule has 0 radical (unpaired) electrons. The molecule has 0 saturated carbocycles. The molecule has 0 aromatic rings. The van der Waals surface area contributed by atoms with E-state index in [0.717, 1.165) is 103 Å². The number of nitrogens with one attached hydrogen (secondary N) is 1. The lowest BCUT2D eigenvalue weighted by Gasteiger charge is -2.29. The number of allylic oxidation sites excluding steroid dienone is 17. The molecule has 9 heteroatoms. The highest BCUT2D eigenvalue weighted by molar-refractivity contribution is 7.45. The summed E-state index contributed by atoms with van der Waals surface area (Å²) in [5.41, 5.74) is 0. The minimum Gasteiger partial charge on any atom is -0.756 e. The van der Waals surface area contributed by atoms with Crippen LogP contribution in [0, 0.1) is 0 Å². The Morgan fingerprint density at radius 1 is 0.480 bits per heavy atom. The van der Waals surface area contributed by atoms with Gasteiger partial charge in [0.25, 0.3) is 7.82 Å². The van der Waals surface area contributed by atoms with Crippen molar-refractivity contribution in [3.63, 3.8) is 0 Å². The molecule has 0 aliphatic carbocycles. The third-order valence-corrected chi connectivity index (χ3v) is 14.2. The Hall–Kier alpha value is -2.84. The number of hydrogen-bond donors (Lipinski definition) is 2. The highest BCUT2D eigenvalue weighted by Gasteiger charge is 2.23. The van der Waals surface area contributed by atoms with E-state index in [1.807, 2.05) is 27.2 Å². The number of hydrogen-bond acceptors (Lipinski definition) is 6. The normalized spacial score (nSPS) is 14.6. The predicted molar refractivity (Wildman–Crippen MR) is 325 cm³/mol. The molecule has 1 amide bonds. The van der Waals surface area contributed by atoms with Crippen LogP contribution in [0.5, 0.6) is 0 Å². The number of phosphoric acid groups is 1. The molecule has 0 aliphatic rings. The molecule has 0 rings (SSSR count). The lowest BCUT2D eigenvalue weighted by Crippen LogP contribution is -2.45. The molecule has 3 atom stereocenters. The Kier molecular flexibility index (Phi) is 53.8. The summed E-state index contributed by atoms with van der Waals surface area (Å²) in [5.74, 6) is -0.229. The number of phosphoric ester groups is 1. The molecule has 432 valence electrons. The summed E-state index contributed by atoms with van der Waals surface area (Å²) in [6.07, 6.45) is 81.8. The Bertz CT molecular complexity index is 1590. The standard InChI is InChI=1S/C66H117N2O6P/c1-6-8-10-12-14-16-18-20-22-24-26-28-30-32-34-36-38-40-42-44-46-48-50-52-54-56-58-60-66(70)67-64(63-74-75(71,72)73-62-61-68(3,4)5)65(69)59-57-55-53-51-49-47-45-43-41-39-37-35-33-31-29-27-25-23-21-19-17-15-13-11-9-7-2/h8,10,14,16,20,22,26,28,32,34,38,40,44,46,49,51,57,59,64-65,69H,6-7,9,11-13,15,17-19,21,23-25,27,29-31,33,35-37,39,41-43,45,47-48,50,52-56,58,60-63H2,1-5H3,(H-,67,70,71,72)/b10-8-,16-14-,22-20-,28-26-,34-32-,40-38-,46-44-,51-49+,59-57+. The minimum atomic E-state index is -4.62. The topological polar surface area (TPSA) is 108 Å². The number of likely N-dealkylation sites (N-methyl/N-ethyl adjacent to an activating group) is 1. The van der Waals surface area contributed by atoms with Crippen molar-refractivity contribution < 1.29 is 32.9 Å². The summed E-state index contributed by atoms with van der Waals surface area (Å²) in [4.78, 5) is 25.5. The summed E-state index contributed by atoms with van der Waals surface area (Å²) in [7, 11) is 1.22. The van der Waals surface area contributed by atoms with Crippen molar-refractivity contribution in [3.05, 3.63) is 109 Å². The van der Waals surface area contributed by atoms with Crippen LogP contribution in [0.25, 0.3) is 0 Å². The van der Waals surface area contributed by atoms with Crippen molar-refractivity contribution in [1.82, 2.24) is 5.32 Å². The quantitative estimate of drug-likeness (QED) is 0.0272. The summed E-state index contributed by atoms with van der Waals surface area (Å²) in [6, 6.07) is -0.924. The van der Waals surface area contributed by atoms with Gasteiger partial charge in [-0.15, -0.1) is 0 Å². The van der Waals surface area contributed by atoms with Crippen molar-refractivity contribution >= 4 is 13.7 Å². The van der Waals surface area contributed by atoms with Gasteiger partial charge in [0.1, 0.15) is 13.2 Å². The van der Waals surface area contributed by atoms with Gasteiger partial charge in [-0.05, 0) is 89.9 Å². The summed E-state index contributed by atoms with van der Waals surface area (Å²) < 4.78 is 23.4. The second kappa shape index (κ2) is 55.9. The van der Waals surface area contributed by atoms with Crippen molar-refractivity contribution in [2.75, 3.05) is 40.9 Å².